The average molecular weight is 276 g/mol. The molecule has 2 heterocycles. The largest absolute Gasteiger partial charge is 0.365 e. The van der Waals surface area contributed by atoms with E-state index in [0.717, 1.165) is 18.8 Å². The zero-order valence-corrected chi connectivity index (χ0v) is 11.9. The van der Waals surface area contributed by atoms with E-state index in [9.17, 15) is 9.18 Å². The van der Waals surface area contributed by atoms with Crippen molar-refractivity contribution in [2.75, 3.05) is 24.5 Å². The summed E-state index contributed by atoms with van der Waals surface area (Å²) in [6.45, 7) is 5.22. The van der Waals surface area contributed by atoms with Gasteiger partial charge in [0.1, 0.15) is 5.82 Å². The molecule has 20 heavy (non-hydrogen) atoms. The number of rotatable bonds is 2. The first-order chi connectivity index (χ1) is 9.70. The van der Waals surface area contributed by atoms with E-state index >= 15 is 0 Å². The molecular weight excluding hydrogens is 255 g/mol. The molecule has 108 valence electrons. The molecule has 2 saturated heterocycles. The highest BCUT2D eigenvalue weighted by Crippen LogP contribution is 2.30. The summed E-state index contributed by atoms with van der Waals surface area (Å²) in [5, 5.41) is 0. The summed E-state index contributed by atoms with van der Waals surface area (Å²) in [4.78, 5) is 16.0. The maximum absolute atomic E-state index is 13.8. The fourth-order valence-corrected chi connectivity index (χ4v) is 3.58. The van der Waals surface area contributed by atoms with Crippen LogP contribution in [0.2, 0.25) is 0 Å². The molecule has 3 rings (SSSR count). The predicted octanol–water partition coefficient (Wildman–Crippen LogP) is 2.70. The van der Waals surface area contributed by atoms with E-state index in [2.05, 4.69) is 16.7 Å². The molecule has 2 fully saturated rings. The minimum atomic E-state index is -0.421. The Morgan fingerprint density at radius 3 is 2.95 bits per heavy atom. The topological polar surface area (TPSA) is 23.6 Å². The van der Waals surface area contributed by atoms with Gasteiger partial charge in [0, 0.05) is 25.2 Å². The van der Waals surface area contributed by atoms with Gasteiger partial charge in [0.15, 0.2) is 6.29 Å². The van der Waals surface area contributed by atoms with Crippen LogP contribution in [-0.2, 0) is 0 Å². The summed E-state index contributed by atoms with van der Waals surface area (Å²) in [7, 11) is 0. The van der Waals surface area contributed by atoms with Crippen LogP contribution in [-0.4, -0.2) is 42.9 Å². The highest BCUT2D eigenvalue weighted by Gasteiger charge is 2.34. The van der Waals surface area contributed by atoms with Crippen LogP contribution in [0.4, 0.5) is 10.1 Å². The number of fused-ring (bicyclic) bond motifs is 1. The van der Waals surface area contributed by atoms with Crippen molar-refractivity contribution in [1.29, 1.82) is 0 Å². The number of anilines is 1. The summed E-state index contributed by atoms with van der Waals surface area (Å²) in [5.41, 5.74) is 0.946. The monoisotopic (exact) mass is 276 g/mol. The highest BCUT2D eigenvalue weighted by atomic mass is 19.1. The second-order valence-corrected chi connectivity index (χ2v) is 5.94. The molecule has 0 N–H and O–H groups in total. The summed E-state index contributed by atoms with van der Waals surface area (Å²) in [6.07, 6.45) is 4.40. The SMILES string of the molecule is CC1CN2CCCCC2CN1c1cccc(F)c1C=O. The van der Waals surface area contributed by atoms with Gasteiger partial charge in [0.2, 0.25) is 0 Å². The number of benzene rings is 1. The van der Waals surface area contributed by atoms with Crippen LogP contribution in [0.5, 0.6) is 0 Å². The first kappa shape index (κ1) is 13.6. The Balaban J connectivity index is 1.90. The van der Waals surface area contributed by atoms with Gasteiger partial charge in [-0.2, -0.15) is 0 Å². The fraction of sp³-hybridized carbons (Fsp3) is 0.562. The predicted molar refractivity (Wildman–Crippen MR) is 77.8 cm³/mol. The van der Waals surface area contributed by atoms with Crippen molar-refractivity contribution in [3.05, 3.63) is 29.6 Å². The summed E-state index contributed by atoms with van der Waals surface area (Å²) < 4.78 is 13.8. The minimum absolute atomic E-state index is 0.198. The Bertz CT molecular complexity index is 505. The van der Waals surface area contributed by atoms with E-state index in [1.54, 1.807) is 6.07 Å². The number of piperazine rings is 1. The van der Waals surface area contributed by atoms with Crippen molar-refractivity contribution in [3.8, 4) is 0 Å². The molecule has 3 nitrogen and oxygen atoms in total. The molecule has 2 atom stereocenters. The summed E-state index contributed by atoms with van der Waals surface area (Å²) in [6, 6.07) is 5.77. The van der Waals surface area contributed by atoms with Crippen molar-refractivity contribution in [1.82, 2.24) is 4.90 Å². The smallest absolute Gasteiger partial charge is 0.155 e. The van der Waals surface area contributed by atoms with Gasteiger partial charge in [-0.15, -0.1) is 0 Å². The molecule has 0 amide bonds. The molecule has 2 aliphatic rings. The normalized spacial score (nSPS) is 27.2. The third kappa shape index (κ3) is 2.33. The first-order valence-electron chi connectivity index (χ1n) is 7.45. The Morgan fingerprint density at radius 1 is 1.30 bits per heavy atom. The van der Waals surface area contributed by atoms with Crippen molar-refractivity contribution in [3.63, 3.8) is 0 Å². The number of piperidine rings is 1. The minimum Gasteiger partial charge on any atom is -0.365 e. The molecule has 0 spiro atoms. The lowest BCUT2D eigenvalue weighted by atomic mass is 9.96. The third-order valence-electron chi connectivity index (χ3n) is 4.64. The Morgan fingerprint density at radius 2 is 2.15 bits per heavy atom. The van der Waals surface area contributed by atoms with E-state index in [1.807, 2.05) is 6.07 Å². The van der Waals surface area contributed by atoms with Crippen LogP contribution >= 0.6 is 0 Å². The molecule has 2 unspecified atom stereocenters. The molecule has 2 aliphatic heterocycles. The van der Waals surface area contributed by atoms with Crippen LogP contribution in [0.1, 0.15) is 36.5 Å². The van der Waals surface area contributed by atoms with Gasteiger partial charge in [0.05, 0.1) is 11.3 Å². The van der Waals surface area contributed by atoms with E-state index in [1.165, 1.54) is 31.9 Å². The van der Waals surface area contributed by atoms with Crippen molar-refractivity contribution in [2.45, 2.75) is 38.3 Å². The van der Waals surface area contributed by atoms with Crippen LogP contribution in [0.3, 0.4) is 0 Å². The molecule has 0 aromatic heterocycles. The Labute approximate surface area is 119 Å². The van der Waals surface area contributed by atoms with Crippen molar-refractivity contribution >= 4 is 12.0 Å². The fourth-order valence-electron chi connectivity index (χ4n) is 3.58. The number of hydrogen-bond donors (Lipinski definition) is 0. The first-order valence-corrected chi connectivity index (χ1v) is 7.45. The Hall–Kier alpha value is -1.42. The van der Waals surface area contributed by atoms with Gasteiger partial charge in [0.25, 0.3) is 0 Å². The zero-order chi connectivity index (χ0) is 14.1. The third-order valence-corrected chi connectivity index (χ3v) is 4.64. The molecule has 1 aromatic carbocycles. The molecule has 0 aliphatic carbocycles. The van der Waals surface area contributed by atoms with Crippen LogP contribution in [0.15, 0.2) is 18.2 Å². The Kier molecular flexibility index (Phi) is 3.74. The molecule has 4 heteroatoms. The summed E-state index contributed by atoms with van der Waals surface area (Å²) in [5.74, 6) is -0.421. The standard InChI is InChI=1S/C16H21FN2O/c1-12-9-18-8-3-2-5-13(18)10-19(12)16-7-4-6-15(17)14(16)11-20/h4,6-7,11-13H,2-3,5,8-10H2,1H3. The zero-order valence-electron chi connectivity index (χ0n) is 11.9. The van der Waals surface area contributed by atoms with Crippen LogP contribution in [0, 0.1) is 5.82 Å². The van der Waals surface area contributed by atoms with Gasteiger partial charge < -0.3 is 4.90 Å². The second-order valence-electron chi connectivity index (χ2n) is 5.94. The van der Waals surface area contributed by atoms with Gasteiger partial charge in [-0.1, -0.05) is 12.5 Å². The van der Waals surface area contributed by atoms with Gasteiger partial charge in [-0.25, -0.2) is 4.39 Å². The number of hydrogen-bond acceptors (Lipinski definition) is 3. The molecular formula is C16H21FN2O. The number of carbonyl (C=O) groups is 1. The van der Waals surface area contributed by atoms with E-state index in [-0.39, 0.29) is 5.56 Å². The number of halogens is 1. The molecule has 0 radical (unpaired) electrons. The molecule has 0 saturated carbocycles. The summed E-state index contributed by atoms with van der Waals surface area (Å²) >= 11 is 0. The van der Waals surface area contributed by atoms with Gasteiger partial charge in [-0.05, 0) is 38.4 Å². The van der Waals surface area contributed by atoms with E-state index < -0.39 is 5.82 Å². The number of aldehydes is 1. The lowest BCUT2D eigenvalue weighted by molar-refractivity contribution is 0.111. The lowest BCUT2D eigenvalue weighted by Gasteiger charge is -2.48. The van der Waals surface area contributed by atoms with Crippen molar-refractivity contribution < 1.29 is 9.18 Å². The highest BCUT2D eigenvalue weighted by molar-refractivity contribution is 5.85. The number of nitrogens with zero attached hydrogens (tertiary/aromatic N) is 2. The average Bonchev–Trinajstić information content (AvgIpc) is 2.46. The quantitative estimate of drug-likeness (QED) is 0.776. The maximum Gasteiger partial charge on any atom is 0.155 e. The van der Waals surface area contributed by atoms with Crippen molar-refractivity contribution in [2.24, 2.45) is 0 Å². The molecule has 0 bridgehead atoms. The second kappa shape index (κ2) is 5.52. The van der Waals surface area contributed by atoms with Gasteiger partial charge in [-0.3, -0.25) is 9.69 Å². The lowest BCUT2D eigenvalue weighted by Crippen LogP contribution is -2.59. The van der Waals surface area contributed by atoms with E-state index in [0.29, 0.717) is 18.4 Å². The molecule has 1 aromatic rings. The van der Waals surface area contributed by atoms with Crippen LogP contribution in [0.25, 0.3) is 0 Å². The van der Waals surface area contributed by atoms with Crippen LogP contribution < -0.4 is 4.90 Å². The maximum atomic E-state index is 13.8. The van der Waals surface area contributed by atoms with Gasteiger partial charge >= 0.3 is 0 Å². The number of carbonyl (C=O) groups excluding carboxylic acids is 1. The van der Waals surface area contributed by atoms with E-state index in [4.69, 9.17) is 0 Å².